The van der Waals surface area contributed by atoms with E-state index in [1.54, 1.807) is 12.3 Å². The Morgan fingerprint density at radius 3 is 2.90 bits per heavy atom. The molecule has 106 valence electrons. The van der Waals surface area contributed by atoms with Crippen molar-refractivity contribution in [2.75, 3.05) is 24.3 Å². The molecule has 20 heavy (non-hydrogen) atoms. The smallest absolute Gasteiger partial charge is 0.158 e. The molecule has 0 aliphatic heterocycles. The third kappa shape index (κ3) is 3.89. The Hall–Kier alpha value is -2.21. The molecular weight excluding hydrogens is 254 g/mol. The van der Waals surface area contributed by atoms with Gasteiger partial charge in [0.1, 0.15) is 18.2 Å². The number of anilines is 2. The van der Waals surface area contributed by atoms with E-state index in [9.17, 15) is 0 Å². The normalized spacial score (nSPS) is 10.5. The van der Waals surface area contributed by atoms with Gasteiger partial charge in [-0.3, -0.25) is 4.98 Å². The summed E-state index contributed by atoms with van der Waals surface area (Å²) in [5.74, 6) is 1.82. The quantitative estimate of drug-likeness (QED) is 0.862. The zero-order valence-electron chi connectivity index (χ0n) is 11.8. The maximum atomic E-state index is 5.82. The van der Waals surface area contributed by atoms with Gasteiger partial charge in [0.05, 0.1) is 0 Å². The first-order valence-corrected chi connectivity index (χ1v) is 6.50. The topological polar surface area (TPSA) is 77.2 Å². The highest BCUT2D eigenvalue weighted by atomic mass is 16.5. The van der Waals surface area contributed by atoms with Crippen LogP contribution >= 0.6 is 0 Å². The lowest BCUT2D eigenvalue weighted by atomic mass is 10.2. The molecule has 0 amide bonds. The second-order valence-corrected chi connectivity index (χ2v) is 4.42. The van der Waals surface area contributed by atoms with Crippen molar-refractivity contribution in [3.63, 3.8) is 0 Å². The lowest BCUT2D eigenvalue weighted by molar-refractivity contribution is 0.128. The van der Waals surface area contributed by atoms with E-state index in [-0.39, 0.29) is 0 Å². The summed E-state index contributed by atoms with van der Waals surface area (Å²) < 4.78 is 5.32. The first-order valence-electron chi connectivity index (χ1n) is 6.50. The highest BCUT2D eigenvalue weighted by molar-refractivity contribution is 5.46. The summed E-state index contributed by atoms with van der Waals surface area (Å²) in [6.07, 6.45) is 3.59. The molecule has 0 unspecified atom stereocenters. The fraction of sp³-hybridized carbons (Fsp3) is 0.357. The number of hydrogen-bond donors (Lipinski definition) is 1. The van der Waals surface area contributed by atoms with Crippen LogP contribution in [0.3, 0.4) is 0 Å². The van der Waals surface area contributed by atoms with Gasteiger partial charge in [-0.05, 0) is 18.6 Å². The number of nitrogens with two attached hydrogens (primary N) is 1. The molecule has 0 aliphatic carbocycles. The van der Waals surface area contributed by atoms with Gasteiger partial charge in [-0.25, -0.2) is 9.97 Å². The Labute approximate surface area is 118 Å². The summed E-state index contributed by atoms with van der Waals surface area (Å²) in [5.41, 5.74) is 6.93. The van der Waals surface area contributed by atoms with E-state index in [2.05, 4.69) is 15.0 Å². The molecule has 2 N–H and O–H groups in total. The predicted molar refractivity (Wildman–Crippen MR) is 78.1 cm³/mol. The van der Waals surface area contributed by atoms with Crippen molar-refractivity contribution in [2.45, 2.75) is 20.1 Å². The number of rotatable bonds is 6. The summed E-state index contributed by atoms with van der Waals surface area (Å²) in [6, 6.07) is 5.69. The molecule has 0 bridgehead atoms. The van der Waals surface area contributed by atoms with Gasteiger partial charge in [-0.2, -0.15) is 0 Å². The summed E-state index contributed by atoms with van der Waals surface area (Å²) in [4.78, 5) is 14.7. The van der Waals surface area contributed by atoms with E-state index in [1.807, 2.05) is 37.2 Å². The highest BCUT2D eigenvalue weighted by Gasteiger charge is 2.08. The van der Waals surface area contributed by atoms with Crippen LogP contribution in [-0.2, 0) is 17.9 Å². The molecule has 0 radical (unpaired) electrons. The van der Waals surface area contributed by atoms with Gasteiger partial charge in [-0.15, -0.1) is 0 Å². The van der Waals surface area contributed by atoms with Crippen LogP contribution in [0.2, 0.25) is 0 Å². The van der Waals surface area contributed by atoms with E-state index >= 15 is 0 Å². The van der Waals surface area contributed by atoms with Crippen LogP contribution in [0.25, 0.3) is 0 Å². The van der Waals surface area contributed by atoms with Crippen LogP contribution in [0.4, 0.5) is 11.6 Å². The lowest BCUT2D eigenvalue weighted by Crippen LogP contribution is -2.19. The van der Waals surface area contributed by atoms with Crippen molar-refractivity contribution in [1.29, 1.82) is 0 Å². The second kappa shape index (κ2) is 6.81. The molecule has 0 saturated heterocycles. The summed E-state index contributed by atoms with van der Waals surface area (Å²) >= 11 is 0. The van der Waals surface area contributed by atoms with Crippen molar-refractivity contribution < 1.29 is 4.74 Å². The first-order chi connectivity index (χ1) is 9.69. The minimum absolute atomic E-state index is 0.370. The molecule has 2 aromatic rings. The standard InChI is InChI=1S/C14H19N5O/c1-3-20-10-13-17-12(15)7-14(18-13)19(2)9-11-5-4-6-16-8-11/h4-8H,3,9-10H2,1-2H3,(H2,15,17,18). The number of ether oxygens (including phenoxy) is 1. The molecular formula is C14H19N5O. The molecule has 6 nitrogen and oxygen atoms in total. The zero-order chi connectivity index (χ0) is 14.4. The minimum Gasteiger partial charge on any atom is -0.384 e. The maximum Gasteiger partial charge on any atom is 0.158 e. The van der Waals surface area contributed by atoms with E-state index in [0.717, 1.165) is 11.4 Å². The molecule has 0 atom stereocenters. The Kier molecular flexibility index (Phi) is 4.84. The van der Waals surface area contributed by atoms with Gasteiger partial charge in [0.15, 0.2) is 5.82 Å². The van der Waals surface area contributed by atoms with Crippen LogP contribution in [0.15, 0.2) is 30.6 Å². The minimum atomic E-state index is 0.370. The lowest BCUT2D eigenvalue weighted by Gasteiger charge is -2.19. The van der Waals surface area contributed by atoms with E-state index in [1.165, 1.54) is 0 Å². The average molecular weight is 273 g/mol. The Balaban J connectivity index is 2.12. The number of hydrogen-bond acceptors (Lipinski definition) is 6. The van der Waals surface area contributed by atoms with Gasteiger partial charge < -0.3 is 15.4 Å². The van der Waals surface area contributed by atoms with Gasteiger partial charge in [0.2, 0.25) is 0 Å². The monoisotopic (exact) mass is 273 g/mol. The fourth-order valence-electron chi connectivity index (χ4n) is 1.80. The maximum absolute atomic E-state index is 5.82. The largest absolute Gasteiger partial charge is 0.384 e. The highest BCUT2D eigenvalue weighted by Crippen LogP contribution is 2.15. The summed E-state index contributed by atoms with van der Waals surface area (Å²) in [7, 11) is 1.96. The molecule has 2 heterocycles. The molecule has 0 saturated carbocycles. The third-order valence-corrected chi connectivity index (χ3v) is 2.75. The predicted octanol–water partition coefficient (Wildman–Crippen LogP) is 1.63. The fourth-order valence-corrected chi connectivity index (χ4v) is 1.80. The second-order valence-electron chi connectivity index (χ2n) is 4.42. The van der Waals surface area contributed by atoms with E-state index < -0.39 is 0 Å². The van der Waals surface area contributed by atoms with Gasteiger partial charge >= 0.3 is 0 Å². The van der Waals surface area contributed by atoms with Gasteiger partial charge in [-0.1, -0.05) is 6.07 Å². The van der Waals surface area contributed by atoms with Crippen molar-refractivity contribution in [1.82, 2.24) is 15.0 Å². The van der Waals surface area contributed by atoms with Crippen molar-refractivity contribution in [2.24, 2.45) is 0 Å². The molecule has 0 fully saturated rings. The molecule has 2 rings (SSSR count). The van der Waals surface area contributed by atoms with E-state index in [0.29, 0.717) is 31.4 Å². The molecule has 0 spiro atoms. The van der Waals surface area contributed by atoms with Crippen LogP contribution in [-0.4, -0.2) is 28.6 Å². The average Bonchev–Trinajstić information content (AvgIpc) is 2.45. The summed E-state index contributed by atoms with van der Waals surface area (Å²) in [6.45, 7) is 3.63. The van der Waals surface area contributed by atoms with Gasteiger partial charge in [0, 0.05) is 38.7 Å². The molecule has 2 aromatic heterocycles. The van der Waals surface area contributed by atoms with Crippen LogP contribution in [0.1, 0.15) is 18.3 Å². The number of pyridine rings is 1. The third-order valence-electron chi connectivity index (χ3n) is 2.75. The zero-order valence-corrected chi connectivity index (χ0v) is 11.8. The van der Waals surface area contributed by atoms with E-state index in [4.69, 9.17) is 10.5 Å². The first kappa shape index (κ1) is 14.2. The van der Waals surface area contributed by atoms with Crippen molar-refractivity contribution >= 4 is 11.6 Å². The number of nitrogens with zero attached hydrogens (tertiary/aromatic N) is 4. The van der Waals surface area contributed by atoms with Crippen LogP contribution in [0, 0.1) is 0 Å². The van der Waals surface area contributed by atoms with Crippen LogP contribution < -0.4 is 10.6 Å². The Bertz CT molecular complexity index is 547. The van der Waals surface area contributed by atoms with Crippen molar-refractivity contribution in [3.05, 3.63) is 42.0 Å². The Morgan fingerprint density at radius 2 is 2.20 bits per heavy atom. The molecule has 0 aromatic carbocycles. The number of nitrogen functional groups attached to an aromatic ring is 1. The number of aromatic nitrogens is 3. The SMILES string of the molecule is CCOCc1nc(N)cc(N(C)Cc2cccnc2)n1. The van der Waals surface area contributed by atoms with Crippen molar-refractivity contribution in [3.8, 4) is 0 Å². The van der Waals surface area contributed by atoms with Gasteiger partial charge in [0.25, 0.3) is 0 Å². The molecule has 6 heteroatoms. The Morgan fingerprint density at radius 1 is 1.35 bits per heavy atom. The molecule has 0 aliphatic rings. The summed E-state index contributed by atoms with van der Waals surface area (Å²) in [5, 5.41) is 0. The van der Waals surface area contributed by atoms with Crippen LogP contribution in [0.5, 0.6) is 0 Å².